The number of ether oxygens (including phenoxy) is 5. The minimum atomic E-state index is -0.852. The fraction of sp³-hybridized carbons (Fsp3) is 0.500. The zero-order valence-corrected chi connectivity index (χ0v) is 16.8. The fourth-order valence-electron chi connectivity index (χ4n) is 2.41. The molecule has 0 amide bonds. The maximum absolute atomic E-state index is 12.2. The third kappa shape index (κ3) is 7.58. The minimum absolute atomic E-state index is 0.0539. The van der Waals surface area contributed by atoms with Gasteiger partial charge in [-0.3, -0.25) is 4.79 Å². The summed E-state index contributed by atoms with van der Waals surface area (Å²) in [6, 6.07) is 3.24. The van der Waals surface area contributed by atoms with Crippen LogP contribution in [-0.2, 0) is 25.4 Å². The SMILES string of the molecule is COCCOCOc1c(C(=O)OC)ccc(OC)c1C/C=C(\C)CCC(=O)O. The van der Waals surface area contributed by atoms with Gasteiger partial charge in [-0.15, -0.1) is 0 Å². The van der Waals surface area contributed by atoms with Gasteiger partial charge in [0.15, 0.2) is 6.79 Å². The lowest BCUT2D eigenvalue weighted by Crippen LogP contribution is -2.13. The Morgan fingerprint density at radius 3 is 2.46 bits per heavy atom. The molecule has 28 heavy (non-hydrogen) atoms. The third-order valence-corrected chi connectivity index (χ3v) is 3.95. The van der Waals surface area contributed by atoms with Crippen molar-refractivity contribution in [1.82, 2.24) is 0 Å². The number of hydrogen-bond acceptors (Lipinski definition) is 7. The molecular weight excluding hydrogens is 368 g/mol. The topological polar surface area (TPSA) is 101 Å². The largest absolute Gasteiger partial charge is 0.496 e. The van der Waals surface area contributed by atoms with Crippen LogP contribution in [0.3, 0.4) is 0 Å². The van der Waals surface area contributed by atoms with Crippen molar-refractivity contribution in [2.24, 2.45) is 0 Å². The van der Waals surface area contributed by atoms with Crippen LogP contribution in [0.2, 0.25) is 0 Å². The van der Waals surface area contributed by atoms with Crippen molar-refractivity contribution in [1.29, 1.82) is 0 Å². The van der Waals surface area contributed by atoms with E-state index in [9.17, 15) is 9.59 Å². The second kappa shape index (κ2) is 12.7. The molecule has 0 aliphatic carbocycles. The van der Waals surface area contributed by atoms with Gasteiger partial charge in [0.05, 0.1) is 27.4 Å². The molecule has 1 aromatic rings. The monoisotopic (exact) mass is 396 g/mol. The Bertz CT molecular complexity index is 681. The molecule has 0 unspecified atom stereocenters. The van der Waals surface area contributed by atoms with Crippen LogP contribution in [0.5, 0.6) is 11.5 Å². The first-order valence-electron chi connectivity index (χ1n) is 8.79. The van der Waals surface area contributed by atoms with Gasteiger partial charge in [-0.25, -0.2) is 4.79 Å². The summed E-state index contributed by atoms with van der Waals surface area (Å²) in [5.41, 5.74) is 1.82. The predicted octanol–water partition coefficient (Wildman–Crippen LogP) is 2.83. The lowest BCUT2D eigenvalue weighted by Gasteiger charge is -2.17. The third-order valence-electron chi connectivity index (χ3n) is 3.95. The number of carboxylic acid groups (broad SMARTS) is 1. The number of aliphatic carboxylic acids is 1. The highest BCUT2D eigenvalue weighted by molar-refractivity contribution is 5.93. The maximum Gasteiger partial charge on any atom is 0.341 e. The molecule has 1 N–H and O–H groups in total. The molecule has 8 nitrogen and oxygen atoms in total. The highest BCUT2D eigenvalue weighted by atomic mass is 16.7. The summed E-state index contributed by atoms with van der Waals surface area (Å²) in [5, 5.41) is 8.82. The average molecular weight is 396 g/mol. The van der Waals surface area contributed by atoms with Gasteiger partial charge in [0.25, 0.3) is 0 Å². The second-order valence-electron chi connectivity index (χ2n) is 5.93. The van der Waals surface area contributed by atoms with Gasteiger partial charge in [0.2, 0.25) is 0 Å². The minimum Gasteiger partial charge on any atom is -0.496 e. The summed E-state index contributed by atoms with van der Waals surface area (Å²) in [6.07, 6.45) is 2.77. The van der Waals surface area contributed by atoms with E-state index in [-0.39, 0.29) is 18.8 Å². The molecule has 0 heterocycles. The van der Waals surface area contributed by atoms with Crippen LogP contribution in [0.4, 0.5) is 0 Å². The highest BCUT2D eigenvalue weighted by Gasteiger charge is 2.20. The first-order valence-corrected chi connectivity index (χ1v) is 8.79. The number of benzene rings is 1. The van der Waals surface area contributed by atoms with E-state index < -0.39 is 11.9 Å². The second-order valence-corrected chi connectivity index (χ2v) is 5.93. The van der Waals surface area contributed by atoms with E-state index >= 15 is 0 Å². The van der Waals surface area contributed by atoms with E-state index in [1.807, 2.05) is 13.0 Å². The van der Waals surface area contributed by atoms with Crippen molar-refractivity contribution in [3.63, 3.8) is 0 Å². The van der Waals surface area contributed by atoms with Crippen LogP contribution in [0.1, 0.15) is 35.7 Å². The molecule has 0 aliphatic rings. The van der Waals surface area contributed by atoms with Crippen molar-refractivity contribution < 1.29 is 38.4 Å². The first-order chi connectivity index (χ1) is 13.4. The molecule has 8 heteroatoms. The fourth-order valence-corrected chi connectivity index (χ4v) is 2.41. The van der Waals surface area contributed by atoms with E-state index in [1.54, 1.807) is 19.2 Å². The summed E-state index contributed by atoms with van der Waals surface area (Å²) < 4.78 is 26.2. The van der Waals surface area contributed by atoms with Crippen molar-refractivity contribution in [2.45, 2.75) is 26.2 Å². The zero-order chi connectivity index (χ0) is 20.9. The van der Waals surface area contributed by atoms with Crippen molar-refractivity contribution >= 4 is 11.9 Å². The van der Waals surface area contributed by atoms with Crippen molar-refractivity contribution in [3.05, 3.63) is 34.9 Å². The predicted molar refractivity (Wildman–Crippen MR) is 102 cm³/mol. The highest BCUT2D eigenvalue weighted by Crippen LogP contribution is 2.34. The van der Waals surface area contributed by atoms with E-state index in [0.717, 1.165) is 5.57 Å². The molecule has 0 radical (unpaired) electrons. The number of carbonyl (C=O) groups is 2. The summed E-state index contributed by atoms with van der Waals surface area (Å²) in [6.45, 7) is 2.55. The van der Waals surface area contributed by atoms with Crippen LogP contribution < -0.4 is 9.47 Å². The lowest BCUT2D eigenvalue weighted by molar-refractivity contribution is -0.136. The Hall–Kier alpha value is -2.58. The molecular formula is C20H28O8. The van der Waals surface area contributed by atoms with E-state index in [0.29, 0.717) is 43.1 Å². The molecule has 0 bridgehead atoms. The van der Waals surface area contributed by atoms with Crippen LogP contribution in [0, 0.1) is 0 Å². The first kappa shape index (κ1) is 23.5. The number of carbonyl (C=O) groups excluding carboxylic acids is 1. The quantitative estimate of drug-likeness (QED) is 0.235. The molecule has 156 valence electrons. The molecule has 0 aliphatic heterocycles. The normalized spacial score (nSPS) is 11.2. The molecule has 0 atom stereocenters. The van der Waals surface area contributed by atoms with Gasteiger partial charge in [0, 0.05) is 19.1 Å². The molecule has 0 saturated carbocycles. The Balaban J connectivity index is 3.12. The number of carboxylic acids is 1. The van der Waals surface area contributed by atoms with Gasteiger partial charge in [-0.05, 0) is 31.9 Å². The number of allylic oxidation sites excluding steroid dienone is 2. The van der Waals surface area contributed by atoms with Crippen LogP contribution in [0.15, 0.2) is 23.8 Å². The smallest absolute Gasteiger partial charge is 0.341 e. The molecule has 1 rings (SSSR count). The Morgan fingerprint density at radius 1 is 1.11 bits per heavy atom. The Kier molecular flexibility index (Phi) is 10.7. The van der Waals surface area contributed by atoms with Crippen LogP contribution in [0.25, 0.3) is 0 Å². The molecule has 0 spiro atoms. The van der Waals surface area contributed by atoms with Crippen LogP contribution in [-0.4, -0.2) is 58.4 Å². The van der Waals surface area contributed by atoms with Crippen LogP contribution >= 0.6 is 0 Å². The van der Waals surface area contributed by atoms with Gasteiger partial charge in [-0.1, -0.05) is 11.6 Å². The molecule has 0 saturated heterocycles. The number of rotatable bonds is 13. The van der Waals surface area contributed by atoms with Gasteiger partial charge >= 0.3 is 11.9 Å². The van der Waals surface area contributed by atoms with E-state index in [2.05, 4.69) is 0 Å². The zero-order valence-electron chi connectivity index (χ0n) is 16.8. The standard InChI is InChI=1S/C20H28O8/c1-14(6-10-18(21)22)5-7-15-17(25-3)9-8-16(20(23)26-4)19(15)28-13-27-12-11-24-2/h5,8-9H,6-7,10-13H2,1-4H3,(H,21,22)/b14-5+. The Labute approximate surface area is 165 Å². The van der Waals surface area contributed by atoms with Gasteiger partial charge in [-0.2, -0.15) is 0 Å². The maximum atomic E-state index is 12.2. The van der Waals surface area contributed by atoms with E-state index in [4.69, 9.17) is 28.8 Å². The molecule has 0 fully saturated rings. The summed E-state index contributed by atoms with van der Waals surface area (Å²) in [7, 11) is 4.39. The molecule has 1 aromatic carbocycles. The molecule has 0 aromatic heterocycles. The number of esters is 1. The van der Waals surface area contributed by atoms with E-state index in [1.165, 1.54) is 14.2 Å². The Morgan fingerprint density at radius 2 is 1.86 bits per heavy atom. The summed E-state index contributed by atoms with van der Waals surface area (Å²) >= 11 is 0. The summed E-state index contributed by atoms with van der Waals surface area (Å²) in [4.78, 5) is 22.9. The van der Waals surface area contributed by atoms with Crippen molar-refractivity contribution in [3.8, 4) is 11.5 Å². The van der Waals surface area contributed by atoms with Gasteiger partial charge < -0.3 is 28.8 Å². The summed E-state index contributed by atoms with van der Waals surface area (Å²) in [5.74, 6) is -0.537. The number of hydrogen-bond donors (Lipinski definition) is 1. The number of methoxy groups -OCH3 is 3. The average Bonchev–Trinajstić information content (AvgIpc) is 2.69. The van der Waals surface area contributed by atoms with Gasteiger partial charge in [0.1, 0.15) is 17.1 Å². The lowest BCUT2D eigenvalue weighted by atomic mass is 10.0. The van der Waals surface area contributed by atoms with Crippen molar-refractivity contribution in [2.75, 3.05) is 41.3 Å².